The molecule has 1 aromatic carbocycles. The summed E-state index contributed by atoms with van der Waals surface area (Å²) >= 11 is 1.01. The molecule has 0 spiro atoms. The van der Waals surface area contributed by atoms with E-state index in [4.69, 9.17) is 4.74 Å². The van der Waals surface area contributed by atoms with Crippen LogP contribution in [-0.4, -0.2) is 36.9 Å². The first-order valence-electron chi connectivity index (χ1n) is 6.95. The fraction of sp³-hybridized carbons (Fsp3) is 0.538. The largest absolute Gasteiger partial charge is 0.381 e. The zero-order valence-electron chi connectivity index (χ0n) is 11.5. The molecule has 114 valence electrons. The second kappa shape index (κ2) is 6.35. The smallest absolute Gasteiger partial charge is 0.242 e. The maximum atomic E-state index is 12.3. The van der Waals surface area contributed by atoms with Crippen LogP contribution in [0.15, 0.2) is 23.1 Å². The molecule has 21 heavy (non-hydrogen) atoms. The van der Waals surface area contributed by atoms with Gasteiger partial charge in [0.1, 0.15) is 15.9 Å². The third-order valence-corrected chi connectivity index (χ3v) is 5.38. The van der Waals surface area contributed by atoms with Gasteiger partial charge in [0.25, 0.3) is 0 Å². The molecule has 1 heterocycles. The van der Waals surface area contributed by atoms with Crippen molar-refractivity contribution in [2.24, 2.45) is 5.92 Å². The van der Waals surface area contributed by atoms with E-state index in [0.717, 1.165) is 24.3 Å². The Labute approximate surface area is 127 Å². The Balaban J connectivity index is 1.54. The summed E-state index contributed by atoms with van der Waals surface area (Å²) in [4.78, 5) is 0.188. The van der Waals surface area contributed by atoms with E-state index >= 15 is 0 Å². The van der Waals surface area contributed by atoms with Crippen LogP contribution >= 0.6 is 11.7 Å². The average molecular weight is 327 g/mol. The Bertz CT molecular complexity index is 710. The van der Waals surface area contributed by atoms with Crippen molar-refractivity contribution in [3.63, 3.8) is 0 Å². The average Bonchev–Trinajstić information content (AvgIpc) is 3.16. The number of nitrogens with zero attached hydrogens (tertiary/aromatic N) is 2. The van der Waals surface area contributed by atoms with Gasteiger partial charge < -0.3 is 4.74 Å². The zero-order chi connectivity index (χ0) is 14.7. The summed E-state index contributed by atoms with van der Waals surface area (Å²) in [7, 11) is -3.55. The van der Waals surface area contributed by atoms with Crippen molar-refractivity contribution >= 4 is 32.8 Å². The lowest BCUT2D eigenvalue weighted by molar-refractivity contribution is 0.123. The van der Waals surface area contributed by atoms with Gasteiger partial charge in [0.05, 0.1) is 11.7 Å². The minimum atomic E-state index is -3.55. The molecule has 0 amide bonds. The predicted octanol–water partition coefficient (Wildman–Crippen LogP) is 1.79. The van der Waals surface area contributed by atoms with Crippen molar-refractivity contribution in [2.75, 3.05) is 19.8 Å². The molecular formula is C13H17N3O3S2. The lowest BCUT2D eigenvalue weighted by Crippen LogP contribution is -2.26. The van der Waals surface area contributed by atoms with Gasteiger partial charge in [-0.1, -0.05) is 6.07 Å². The molecule has 0 atom stereocenters. The normalized spacial score (nSPS) is 15.6. The molecule has 0 bridgehead atoms. The number of sulfonamides is 1. The highest BCUT2D eigenvalue weighted by Crippen LogP contribution is 2.28. The summed E-state index contributed by atoms with van der Waals surface area (Å²) in [5.41, 5.74) is 1.04. The Morgan fingerprint density at radius 2 is 2.19 bits per heavy atom. The summed E-state index contributed by atoms with van der Waals surface area (Å²) in [6.07, 6.45) is 3.19. The molecule has 0 aliphatic heterocycles. The summed E-state index contributed by atoms with van der Waals surface area (Å²) < 4.78 is 40.7. The van der Waals surface area contributed by atoms with Crippen LogP contribution in [0, 0.1) is 5.92 Å². The van der Waals surface area contributed by atoms with E-state index in [9.17, 15) is 8.42 Å². The second-order valence-corrected chi connectivity index (χ2v) is 7.42. The first-order chi connectivity index (χ1) is 10.2. The maximum absolute atomic E-state index is 12.3. The lowest BCUT2D eigenvalue weighted by Gasteiger charge is -2.07. The van der Waals surface area contributed by atoms with E-state index in [1.165, 1.54) is 12.8 Å². The Hall–Kier alpha value is -1.09. The van der Waals surface area contributed by atoms with Crippen LogP contribution in [-0.2, 0) is 14.8 Å². The van der Waals surface area contributed by atoms with Crippen molar-refractivity contribution in [3.8, 4) is 0 Å². The monoisotopic (exact) mass is 327 g/mol. The van der Waals surface area contributed by atoms with E-state index in [0.29, 0.717) is 30.6 Å². The topological polar surface area (TPSA) is 81.2 Å². The number of hydrogen-bond acceptors (Lipinski definition) is 6. The molecule has 6 nitrogen and oxygen atoms in total. The number of fused-ring (bicyclic) bond motifs is 1. The maximum Gasteiger partial charge on any atom is 0.242 e. The molecule has 1 N–H and O–H groups in total. The molecule has 1 fully saturated rings. The van der Waals surface area contributed by atoms with Crippen molar-refractivity contribution in [2.45, 2.75) is 24.2 Å². The minimum absolute atomic E-state index is 0.188. The number of rotatable bonds is 8. The number of hydrogen-bond donors (Lipinski definition) is 1. The fourth-order valence-electron chi connectivity index (χ4n) is 1.99. The lowest BCUT2D eigenvalue weighted by atomic mass is 10.3. The van der Waals surface area contributed by atoms with Crippen molar-refractivity contribution in [3.05, 3.63) is 18.2 Å². The van der Waals surface area contributed by atoms with Gasteiger partial charge in [-0.25, -0.2) is 13.1 Å². The van der Waals surface area contributed by atoms with E-state index in [1.807, 2.05) is 0 Å². The highest BCUT2D eigenvalue weighted by molar-refractivity contribution is 7.89. The number of nitrogens with one attached hydrogen (secondary N) is 1. The zero-order valence-corrected chi connectivity index (χ0v) is 13.1. The highest BCUT2D eigenvalue weighted by atomic mass is 32.2. The quantitative estimate of drug-likeness (QED) is 0.748. The number of ether oxygens (including phenoxy) is 1. The van der Waals surface area contributed by atoms with Crippen LogP contribution in [0.5, 0.6) is 0 Å². The van der Waals surface area contributed by atoms with Gasteiger partial charge in [0.15, 0.2) is 0 Å². The van der Waals surface area contributed by atoms with Crippen molar-refractivity contribution in [1.82, 2.24) is 13.5 Å². The van der Waals surface area contributed by atoms with E-state index in [1.54, 1.807) is 18.2 Å². The van der Waals surface area contributed by atoms with Crippen LogP contribution in [0.1, 0.15) is 19.3 Å². The molecule has 3 rings (SSSR count). The summed E-state index contributed by atoms with van der Waals surface area (Å²) in [5, 5.41) is 0. The number of aromatic nitrogens is 2. The Kier molecular flexibility index (Phi) is 4.48. The third-order valence-electron chi connectivity index (χ3n) is 3.35. The van der Waals surface area contributed by atoms with Crippen LogP contribution in [0.3, 0.4) is 0 Å². The highest BCUT2D eigenvalue weighted by Gasteiger charge is 2.21. The Morgan fingerprint density at radius 1 is 1.33 bits per heavy atom. The summed E-state index contributed by atoms with van der Waals surface area (Å²) in [5.74, 6) is 0.733. The Morgan fingerprint density at radius 3 is 3.00 bits per heavy atom. The molecule has 1 aromatic heterocycles. The summed E-state index contributed by atoms with van der Waals surface area (Å²) in [6, 6.07) is 4.98. The minimum Gasteiger partial charge on any atom is -0.381 e. The van der Waals surface area contributed by atoms with Crippen LogP contribution < -0.4 is 4.72 Å². The molecule has 0 radical (unpaired) electrons. The van der Waals surface area contributed by atoms with Crippen LogP contribution in [0.25, 0.3) is 11.0 Å². The summed E-state index contributed by atoms with van der Waals surface area (Å²) in [6.45, 7) is 1.75. The molecule has 2 aromatic rings. The predicted molar refractivity (Wildman–Crippen MR) is 80.8 cm³/mol. The molecule has 1 aliphatic rings. The van der Waals surface area contributed by atoms with Crippen molar-refractivity contribution in [1.29, 1.82) is 0 Å². The van der Waals surface area contributed by atoms with Crippen LogP contribution in [0.4, 0.5) is 0 Å². The van der Waals surface area contributed by atoms with Gasteiger partial charge in [0, 0.05) is 19.8 Å². The molecule has 8 heteroatoms. The number of benzene rings is 1. The molecular weight excluding hydrogens is 310 g/mol. The van der Waals surface area contributed by atoms with Crippen molar-refractivity contribution < 1.29 is 13.2 Å². The third kappa shape index (κ3) is 3.76. The fourth-order valence-corrected chi connectivity index (χ4v) is 3.83. The van der Waals surface area contributed by atoms with E-state index < -0.39 is 10.0 Å². The first kappa shape index (κ1) is 14.8. The standard InChI is InChI=1S/C13H17N3O3S2/c17-21(18,14-7-2-8-19-9-10-5-6-10)12-4-1-3-11-13(12)16-20-15-11/h1,3-4,10,14H,2,5-9H2. The van der Waals surface area contributed by atoms with E-state index in [2.05, 4.69) is 13.5 Å². The first-order valence-corrected chi connectivity index (χ1v) is 9.17. The molecule has 1 saturated carbocycles. The molecule has 1 aliphatic carbocycles. The van der Waals surface area contributed by atoms with Gasteiger partial charge in [-0.15, -0.1) is 0 Å². The molecule has 0 unspecified atom stereocenters. The van der Waals surface area contributed by atoms with Gasteiger partial charge in [-0.2, -0.15) is 8.75 Å². The van der Waals surface area contributed by atoms with Gasteiger partial charge in [-0.05, 0) is 37.3 Å². The van der Waals surface area contributed by atoms with Gasteiger partial charge in [-0.3, -0.25) is 0 Å². The second-order valence-electron chi connectivity index (χ2n) is 5.16. The van der Waals surface area contributed by atoms with Gasteiger partial charge >= 0.3 is 0 Å². The van der Waals surface area contributed by atoms with E-state index in [-0.39, 0.29) is 4.90 Å². The molecule has 0 saturated heterocycles. The SMILES string of the molecule is O=S(=O)(NCCCOCC1CC1)c1cccc2nsnc12. The van der Waals surface area contributed by atoms with Gasteiger partial charge in [0.2, 0.25) is 10.0 Å². The van der Waals surface area contributed by atoms with Crippen LogP contribution in [0.2, 0.25) is 0 Å².